The van der Waals surface area contributed by atoms with Crippen molar-refractivity contribution in [1.29, 1.82) is 0 Å². The lowest BCUT2D eigenvalue weighted by Gasteiger charge is -2.12. The molecule has 1 N–H and O–H groups in total. The van der Waals surface area contributed by atoms with Gasteiger partial charge in [0.15, 0.2) is 0 Å². The van der Waals surface area contributed by atoms with Gasteiger partial charge in [0.05, 0.1) is 0 Å². The average molecular weight is 145 g/mol. The summed E-state index contributed by atoms with van der Waals surface area (Å²) in [5.41, 5.74) is 3.87. The fourth-order valence-corrected chi connectivity index (χ4v) is 1.34. The summed E-state index contributed by atoms with van der Waals surface area (Å²) in [7, 11) is 0. The molecule has 1 heteroatoms. The van der Waals surface area contributed by atoms with Crippen LogP contribution in [0.15, 0.2) is 24.3 Å². The third kappa shape index (κ3) is 1.14. The fraction of sp³-hybridized carbons (Fsp3) is 0.200. The number of hydrogen-bond donors (Lipinski definition) is 1. The first-order valence-electron chi connectivity index (χ1n) is 3.87. The van der Waals surface area contributed by atoms with Crippen molar-refractivity contribution in [1.82, 2.24) is 0 Å². The molecule has 2 rings (SSSR count). The van der Waals surface area contributed by atoms with Gasteiger partial charge in [0.25, 0.3) is 0 Å². The second-order valence-electron chi connectivity index (χ2n) is 2.87. The molecule has 0 atom stereocenters. The van der Waals surface area contributed by atoms with Crippen molar-refractivity contribution < 1.29 is 0 Å². The van der Waals surface area contributed by atoms with Crippen LogP contribution in [0.3, 0.4) is 0 Å². The summed E-state index contributed by atoms with van der Waals surface area (Å²) in [6, 6.07) is 6.46. The molecule has 0 spiro atoms. The number of anilines is 1. The van der Waals surface area contributed by atoms with Gasteiger partial charge >= 0.3 is 0 Å². The summed E-state index contributed by atoms with van der Waals surface area (Å²) < 4.78 is 0. The van der Waals surface area contributed by atoms with Crippen LogP contribution in [0.1, 0.15) is 11.1 Å². The largest absolute Gasteiger partial charge is 0.381 e. The monoisotopic (exact) mass is 145 g/mol. The Morgan fingerprint density at radius 1 is 1.36 bits per heavy atom. The van der Waals surface area contributed by atoms with E-state index in [4.69, 9.17) is 0 Å². The molecule has 1 heterocycles. The van der Waals surface area contributed by atoms with E-state index >= 15 is 0 Å². The molecule has 1 aliphatic rings. The number of fused-ring (bicyclic) bond motifs is 1. The molecule has 1 aliphatic heterocycles. The maximum atomic E-state index is 3.30. The second-order valence-corrected chi connectivity index (χ2v) is 2.87. The molecular formula is C10H11N. The first kappa shape index (κ1) is 6.47. The number of aryl methyl sites for hydroxylation is 1. The summed E-state index contributed by atoms with van der Waals surface area (Å²) in [6.45, 7) is 3.07. The summed E-state index contributed by atoms with van der Waals surface area (Å²) in [5.74, 6) is 0. The molecule has 0 unspecified atom stereocenters. The van der Waals surface area contributed by atoms with E-state index in [9.17, 15) is 0 Å². The van der Waals surface area contributed by atoms with Crippen molar-refractivity contribution in [3.05, 3.63) is 35.4 Å². The zero-order valence-corrected chi connectivity index (χ0v) is 6.59. The first-order chi connectivity index (χ1) is 5.36. The molecule has 0 saturated heterocycles. The minimum absolute atomic E-state index is 0.954. The molecule has 0 radical (unpaired) electrons. The van der Waals surface area contributed by atoms with Gasteiger partial charge in [0, 0.05) is 12.2 Å². The van der Waals surface area contributed by atoms with Crippen molar-refractivity contribution in [2.45, 2.75) is 6.92 Å². The average Bonchev–Trinajstić information content (AvgIpc) is 2.04. The summed E-state index contributed by atoms with van der Waals surface area (Å²) in [4.78, 5) is 0. The predicted octanol–water partition coefficient (Wildman–Crippen LogP) is 2.43. The molecule has 56 valence electrons. The van der Waals surface area contributed by atoms with Crippen molar-refractivity contribution in [2.75, 3.05) is 11.9 Å². The maximum Gasteiger partial charge on any atom is 0.0416 e. The van der Waals surface area contributed by atoms with Crippen LogP contribution in [-0.2, 0) is 0 Å². The molecule has 0 aromatic heterocycles. The van der Waals surface area contributed by atoms with Gasteiger partial charge in [0.2, 0.25) is 0 Å². The SMILES string of the molecule is Cc1ccc2c(c1)C=CCN2. The van der Waals surface area contributed by atoms with Crippen molar-refractivity contribution in [2.24, 2.45) is 0 Å². The van der Waals surface area contributed by atoms with E-state index in [1.54, 1.807) is 0 Å². The highest BCUT2D eigenvalue weighted by Crippen LogP contribution is 2.21. The lowest BCUT2D eigenvalue weighted by molar-refractivity contribution is 1.30. The van der Waals surface area contributed by atoms with Gasteiger partial charge < -0.3 is 5.32 Å². The van der Waals surface area contributed by atoms with Crippen LogP contribution in [0.5, 0.6) is 0 Å². The van der Waals surface area contributed by atoms with E-state index in [0.717, 1.165) is 6.54 Å². The zero-order valence-electron chi connectivity index (χ0n) is 6.59. The number of hydrogen-bond acceptors (Lipinski definition) is 1. The molecule has 0 fully saturated rings. The molecule has 0 saturated carbocycles. The Bertz CT molecular complexity index is 300. The Morgan fingerprint density at radius 3 is 3.18 bits per heavy atom. The lowest BCUT2D eigenvalue weighted by Crippen LogP contribution is -2.03. The van der Waals surface area contributed by atoms with Gasteiger partial charge in [-0.15, -0.1) is 0 Å². The Kier molecular flexibility index (Phi) is 1.42. The van der Waals surface area contributed by atoms with Crippen molar-refractivity contribution in [3.8, 4) is 0 Å². The smallest absolute Gasteiger partial charge is 0.0416 e. The summed E-state index contributed by atoms with van der Waals surface area (Å²) >= 11 is 0. The first-order valence-corrected chi connectivity index (χ1v) is 3.87. The highest BCUT2D eigenvalue weighted by atomic mass is 14.9. The number of nitrogens with one attached hydrogen (secondary N) is 1. The van der Waals surface area contributed by atoms with Gasteiger partial charge in [-0.1, -0.05) is 23.8 Å². The van der Waals surface area contributed by atoms with Crippen molar-refractivity contribution >= 4 is 11.8 Å². The van der Waals surface area contributed by atoms with Crippen LogP contribution in [0.4, 0.5) is 5.69 Å². The van der Waals surface area contributed by atoms with Crippen LogP contribution in [0.2, 0.25) is 0 Å². The van der Waals surface area contributed by atoms with Gasteiger partial charge in [-0.2, -0.15) is 0 Å². The number of rotatable bonds is 0. The third-order valence-electron chi connectivity index (χ3n) is 1.91. The molecule has 0 amide bonds. The Labute approximate surface area is 66.7 Å². The van der Waals surface area contributed by atoms with Crippen LogP contribution in [0.25, 0.3) is 6.08 Å². The third-order valence-corrected chi connectivity index (χ3v) is 1.91. The normalized spacial score (nSPS) is 13.9. The molecule has 0 bridgehead atoms. The lowest BCUT2D eigenvalue weighted by atomic mass is 10.1. The Balaban J connectivity index is 2.54. The van der Waals surface area contributed by atoms with Crippen LogP contribution in [-0.4, -0.2) is 6.54 Å². The summed E-state index contributed by atoms with van der Waals surface area (Å²) in [5, 5.41) is 3.30. The highest BCUT2D eigenvalue weighted by Gasteiger charge is 2.01. The predicted molar refractivity (Wildman–Crippen MR) is 48.7 cm³/mol. The fourth-order valence-electron chi connectivity index (χ4n) is 1.34. The van der Waals surface area contributed by atoms with Crippen LogP contribution < -0.4 is 5.32 Å². The molecule has 11 heavy (non-hydrogen) atoms. The molecule has 1 nitrogen and oxygen atoms in total. The van der Waals surface area contributed by atoms with Gasteiger partial charge in [0.1, 0.15) is 0 Å². The minimum atomic E-state index is 0.954. The van der Waals surface area contributed by atoms with E-state index in [-0.39, 0.29) is 0 Å². The van der Waals surface area contributed by atoms with Gasteiger partial charge in [-0.05, 0) is 24.6 Å². The topological polar surface area (TPSA) is 12.0 Å². The molecule has 1 aromatic carbocycles. The summed E-state index contributed by atoms with van der Waals surface area (Å²) in [6.07, 6.45) is 4.31. The van der Waals surface area contributed by atoms with E-state index in [1.165, 1.54) is 16.8 Å². The van der Waals surface area contributed by atoms with E-state index < -0.39 is 0 Å². The van der Waals surface area contributed by atoms with E-state index in [1.807, 2.05) is 0 Å². The van der Waals surface area contributed by atoms with E-state index in [2.05, 4.69) is 42.6 Å². The molecular weight excluding hydrogens is 134 g/mol. The van der Waals surface area contributed by atoms with E-state index in [0.29, 0.717) is 0 Å². The Morgan fingerprint density at radius 2 is 2.27 bits per heavy atom. The van der Waals surface area contributed by atoms with Gasteiger partial charge in [-0.25, -0.2) is 0 Å². The van der Waals surface area contributed by atoms with Crippen molar-refractivity contribution in [3.63, 3.8) is 0 Å². The molecule has 0 aliphatic carbocycles. The Hall–Kier alpha value is -1.24. The van der Waals surface area contributed by atoms with Crippen LogP contribution >= 0.6 is 0 Å². The molecule has 1 aromatic rings. The van der Waals surface area contributed by atoms with Gasteiger partial charge in [-0.3, -0.25) is 0 Å². The quantitative estimate of drug-likeness (QED) is 0.591. The minimum Gasteiger partial charge on any atom is -0.381 e. The van der Waals surface area contributed by atoms with Crippen LogP contribution in [0, 0.1) is 6.92 Å². The highest BCUT2D eigenvalue weighted by molar-refractivity contribution is 5.70. The second kappa shape index (κ2) is 2.42. The zero-order chi connectivity index (χ0) is 7.68. The number of benzene rings is 1. The maximum absolute atomic E-state index is 3.30. The standard InChI is InChI=1S/C10H11N/c1-8-4-5-10-9(7-8)3-2-6-11-10/h2-5,7,11H,6H2,1H3.